The van der Waals surface area contributed by atoms with Gasteiger partial charge in [-0.2, -0.15) is 0 Å². The van der Waals surface area contributed by atoms with E-state index in [1.807, 2.05) is 0 Å². The third kappa shape index (κ3) is 2.58. The summed E-state index contributed by atoms with van der Waals surface area (Å²) in [5, 5.41) is 12.8. The summed E-state index contributed by atoms with van der Waals surface area (Å²) in [6.07, 6.45) is 3.64. The summed E-state index contributed by atoms with van der Waals surface area (Å²) < 4.78 is 1.18. The molecule has 1 heterocycles. The molecule has 0 spiro atoms. The second kappa shape index (κ2) is 5.32. The third-order valence-corrected chi connectivity index (χ3v) is 4.15. The van der Waals surface area contributed by atoms with Crippen molar-refractivity contribution >= 4 is 11.5 Å². The van der Waals surface area contributed by atoms with Crippen LogP contribution in [0, 0.1) is 5.92 Å². The molecule has 1 fully saturated rings. The van der Waals surface area contributed by atoms with Crippen LogP contribution in [0.15, 0.2) is 9.59 Å². The zero-order valence-electron chi connectivity index (χ0n) is 11.9. The predicted octanol–water partition coefficient (Wildman–Crippen LogP) is 0.00890. The van der Waals surface area contributed by atoms with Gasteiger partial charge < -0.3 is 16.2 Å². The number of aromatic amines is 1. The molecule has 1 saturated carbocycles. The molecule has 2 atom stereocenters. The Morgan fingerprint density at radius 3 is 2.85 bits per heavy atom. The molecule has 0 amide bonds. The summed E-state index contributed by atoms with van der Waals surface area (Å²) in [6, 6.07) is 0. The normalized spacial score (nSPS) is 26.4. The van der Waals surface area contributed by atoms with Crippen LogP contribution in [0.1, 0.15) is 32.6 Å². The maximum atomic E-state index is 11.9. The maximum Gasteiger partial charge on any atom is 0.329 e. The van der Waals surface area contributed by atoms with E-state index in [2.05, 4.69) is 17.2 Å². The number of rotatable bonds is 3. The summed E-state index contributed by atoms with van der Waals surface area (Å²) >= 11 is 0. The Bertz CT molecular complexity index is 607. The van der Waals surface area contributed by atoms with E-state index in [1.54, 1.807) is 0 Å². The van der Waals surface area contributed by atoms with Gasteiger partial charge in [0.05, 0.1) is 12.1 Å². The first kappa shape index (κ1) is 14.6. The fourth-order valence-corrected chi connectivity index (χ4v) is 2.98. The molecule has 0 bridgehead atoms. The molecule has 1 aromatic rings. The molecule has 1 aliphatic carbocycles. The van der Waals surface area contributed by atoms with Gasteiger partial charge in [0.25, 0.3) is 5.56 Å². The highest BCUT2D eigenvalue weighted by atomic mass is 16.3. The Hall–Kier alpha value is -1.76. The molecule has 1 aromatic heterocycles. The Labute approximate surface area is 116 Å². The van der Waals surface area contributed by atoms with Crippen molar-refractivity contribution in [3.63, 3.8) is 0 Å². The highest BCUT2D eigenvalue weighted by Crippen LogP contribution is 2.34. The minimum absolute atomic E-state index is 0.0704. The van der Waals surface area contributed by atoms with Crippen LogP contribution in [0.3, 0.4) is 0 Å². The van der Waals surface area contributed by atoms with Crippen molar-refractivity contribution in [3.05, 3.63) is 20.8 Å². The molecule has 0 aromatic carbocycles. The van der Waals surface area contributed by atoms with E-state index < -0.39 is 16.8 Å². The van der Waals surface area contributed by atoms with Crippen molar-refractivity contribution in [1.29, 1.82) is 0 Å². The van der Waals surface area contributed by atoms with Gasteiger partial charge in [-0.05, 0) is 18.8 Å². The van der Waals surface area contributed by atoms with Crippen LogP contribution in [-0.2, 0) is 7.05 Å². The fraction of sp³-hybridized carbons (Fsp3) is 0.692. The minimum atomic E-state index is -0.548. The van der Waals surface area contributed by atoms with Gasteiger partial charge in [-0.25, -0.2) is 4.79 Å². The van der Waals surface area contributed by atoms with Crippen molar-refractivity contribution in [2.75, 3.05) is 17.7 Å². The molecule has 7 heteroatoms. The Morgan fingerprint density at radius 1 is 1.55 bits per heavy atom. The Morgan fingerprint density at radius 2 is 2.25 bits per heavy atom. The SMILES string of the molecule is CC1CCCC(CO)(Nc2c(N)n(C)c(=O)[nH]c2=O)C1. The largest absolute Gasteiger partial charge is 0.394 e. The van der Waals surface area contributed by atoms with E-state index in [0.29, 0.717) is 5.92 Å². The van der Waals surface area contributed by atoms with Crippen molar-refractivity contribution in [3.8, 4) is 0 Å². The summed E-state index contributed by atoms with van der Waals surface area (Å²) in [5.41, 5.74) is 4.37. The first-order valence-corrected chi connectivity index (χ1v) is 6.86. The molecule has 7 nitrogen and oxygen atoms in total. The summed E-state index contributed by atoms with van der Waals surface area (Å²) in [7, 11) is 1.49. The first-order chi connectivity index (χ1) is 9.38. The lowest BCUT2D eigenvalue weighted by Gasteiger charge is -2.40. The Balaban J connectivity index is 2.40. The van der Waals surface area contributed by atoms with E-state index in [9.17, 15) is 14.7 Å². The zero-order valence-corrected chi connectivity index (χ0v) is 11.9. The number of hydrogen-bond acceptors (Lipinski definition) is 5. The van der Waals surface area contributed by atoms with Crippen molar-refractivity contribution in [2.24, 2.45) is 13.0 Å². The molecule has 2 rings (SSSR count). The van der Waals surface area contributed by atoms with E-state index in [0.717, 1.165) is 25.7 Å². The van der Waals surface area contributed by atoms with Crippen LogP contribution in [0.25, 0.3) is 0 Å². The van der Waals surface area contributed by atoms with Crippen LogP contribution in [0.5, 0.6) is 0 Å². The van der Waals surface area contributed by atoms with Gasteiger partial charge >= 0.3 is 5.69 Å². The zero-order chi connectivity index (χ0) is 14.9. The number of anilines is 2. The van der Waals surface area contributed by atoms with Gasteiger partial charge in [0.15, 0.2) is 0 Å². The lowest BCUT2D eigenvalue weighted by molar-refractivity contribution is 0.149. The van der Waals surface area contributed by atoms with E-state index in [4.69, 9.17) is 5.73 Å². The van der Waals surface area contributed by atoms with Gasteiger partial charge in [0, 0.05) is 7.05 Å². The molecule has 0 radical (unpaired) electrons. The molecule has 1 aliphatic rings. The number of nitrogens with zero attached hydrogens (tertiary/aromatic N) is 1. The molecule has 0 aliphatic heterocycles. The van der Waals surface area contributed by atoms with E-state index in [-0.39, 0.29) is 18.1 Å². The van der Waals surface area contributed by atoms with Gasteiger partial charge in [-0.3, -0.25) is 14.3 Å². The number of hydrogen-bond donors (Lipinski definition) is 4. The van der Waals surface area contributed by atoms with E-state index >= 15 is 0 Å². The molecular weight excluding hydrogens is 260 g/mol. The van der Waals surface area contributed by atoms with Crippen molar-refractivity contribution in [2.45, 2.75) is 38.1 Å². The summed E-state index contributed by atoms with van der Waals surface area (Å²) in [4.78, 5) is 25.6. The standard InChI is InChI=1S/C13H22N4O3/c1-8-4-3-5-13(6-8,7-18)16-9-10(14)17(2)12(20)15-11(9)19/h8,16,18H,3-7,14H2,1-2H3,(H,15,19,20). The van der Waals surface area contributed by atoms with Crippen LogP contribution in [0.2, 0.25) is 0 Å². The second-order valence-electron chi connectivity index (χ2n) is 5.84. The summed E-state index contributed by atoms with van der Waals surface area (Å²) in [6.45, 7) is 2.05. The van der Waals surface area contributed by atoms with Gasteiger partial charge in [-0.1, -0.05) is 19.8 Å². The second-order valence-corrected chi connectivity index (χ2v) is 5.84. The number of aliphatic hydroxyl groups is 1. The first-order valence-electron chi connectivity index (χ1n) is 6.86. The lowest BCUT2D eigenvalue weighted by Crippen LogP contribution is -2.48. The molecular formula is C13H22N4O3. The molecule has 2 unspecified atom stereocenters. The van der Waals surface area contributed by atoms with Gasteiger partial charge in [0.1, 0.15) is 11.5 Å². The van der Waals surface area contributed by atoms with Crippen LogP contribution in [-0.4, -0.2) is 26.8 Å². The van der Waals surface area contributed by atoms with Crippen LogP contribution in [0.4, 0.5) is 11.5 Å². The van der Waals surface area contributed by atoms with Crippen molar-refractivity contribution in [1.82, 2.24) is 9.55 Å². The van der Waals surface area contributed by atoms with Crippen molar-refractivity contribution < 1.29 is 5.11 Å². The van der Waals surface area contributed by atoms with Gasteiger partial charge in [-0.15, -0.1) is 0 Å². The number of nitrogen functional groups attached to an aromatic ring is 1. The third-order valence-electron chi connectivity index (χ3n) is 4.15. The highest BCUT2D eigenvalue weighted by Gasteiger charge is 2.35. The number of aromatic nitrogens is 2. The Kier molecular flexibility index (Phi) is 3.89. The minimum Gasteiger partial charge on any atom is -0.394 e. The van der Waals surface area contributed by atoms with Gasteiger partial charge in [0.2, 0.25) is 0 Å². The molecule has 5 N–H and O–H groups in total. The predicted molar refractivity (Wildman–Crippen MR) is 77.8 cm³/mol. The maximum absolute atomic E-state index is 11.9. The quantitative estimate of drug-likeness (QED) is 0.623. The number of nitrogens with two attached hydrogens (primary N) is 1. The lowest BCUT2D eigenvalue weighted by atomic mass is 9.76. The monoisotopic (exact) mass is 282 g/mol. The topological polar surface area (TPSA) is 113 Å². The van der Waals surface area contributed by atoms with E-state index in [1.165, 1.54) is 11.6 Å². The average Bonchev–Trinajstić information content (AvgIpc) is 2.41. The molecule has 20 heavy (non-hydrogen) atoms. The van der Waals surface area contributed by atoms with Crippen LogP contribution >= 0.6 is 0 Å². The molecule has 112 valence electrons. The molecule has 0 saturated heterocycles. The number of H-pyrrole nitrogens is 1. The fourth-order valence-electron chi connectivity index (χ4n) is 2.98. The smallest absolute Gasteiger partial charge is 0.329 e. The highest BCUT2D eigenvalue weighted by molar-refractivity contribution is 5.61. The number of nitrogens with one attached hydrogen (secondary N) is 2. The number of aliphatic hydroxyl groups excluding tert-OH is 1. The average molecular weight is 282 g/mol. The van der Waals surface area contributed by atoms with Crippen LogP contribution < -0.4 is 22.3 Å². The summed E-state index contributed by atoms with van der Waals surface area (Å²) in [5.74, 6) is 0.557.